The summed E-state index contributed by atoms with van der Waals surface area (Å²) in [4.78, 5) is 29.6. The number of carbonyl (C=O) groups excluding carboxylic acids is 1. The van der Waals surface area contributed by atoms with Crippen LogP contribution in [0.2, 0.25) is 0 Å². The van der Waals surface area contributed by atoms with E-state index in [1.807, 2.05) is 6.07 Å². The highest BCUT2D eigenvalue weighted by atomic mass is 16.2. The number of hydrogen-bond donors (Lipinski definition) is 0. The van der Waals surface area contributed by atoms with E-state index < -0.39 is 0 Å². The van der Waals surface area contributed by atoms with Crippen LogP contribution in [0.4, 0.5) is 5.95 Å². The summed E-state index contributed by atoms with van der Waals surface area (Å²) >= 11 is 0. The number of aromatic nitrogens is 5. The van der Waals surface area contributed by atoms with Crippen LogP contribution in [-0.2, 0) is 11.3 Å². The molecule has 1 amide bonds. The number of aryl methyl sites for hydroxylation is 1. The Labute approximate surface area is 140 Å². The molecular formula is C16H21N7O. The van der Waals surface area contributed by atoms with E-state index in [1.165, 1.54) is 12.7 Å². The first kappa shape index (κ1) is 15.0. The monoisotopic (exact) mass is 327 g/mol. The molecule has 0 N–H and O–H groups in total. The van der Waals surface area contributed by atoms with Gasteiger partial charge in [-0.2, -0.15) is 5.10 Å². The summed E-state index contributed by atoms with van der Waals surface area (Å²) in [7, 11) is 0. The number of fused-ring (bicyclic) bond motifs is 4. The van der Waals surface area contributed by atoms with E-state index >= 15 is 0 Å². The molecule has 0 saturated carbocycles. The Balaban J connectivity index is 1.43. The number of piperidine rings is 1. The molecule has 126 valence electrons. The lowest BCUT2D eigenvalue weighted by Gasteiger charge is -2.36. The van der Waals surface area contributed by atoms with Crippen LogP contribution in [0.1, 0.15) is 19.3 Å². The van der Waals surface area contributed by atoms with Crippen LogP contribution < -0.4 is 4.90 Å². The van der Waals surface area contributed by atoms with Gasteiger partial charge in [0.1, 0.15) is 12.7 Å². The van der Waals surface area contributed by atoms with Crippen molar-refractivity contribution in [3.63, 3.8) is 0 Å². The Morgan fingerprint density at radius 3 is 2.83 bits per heavy atom. The van der Waals surface area contributed by atoms with Gasteiger partial charge in [0.15, 0.2) is 0 Å². The minimum Gasteiger partial charge on any atom is -0.338 e. The number of amides is 1. The predicted octanol–water partition coefficient (Wildman–Crippen LogP) is 0.586. The van der Waals surface area contributed by atoms with Gasteiger partial charge in [0, 0.05) is 44.5 Å². The second-order valence-electron chi connectivity index (χ2n) is 6.51. The van der Waals surface area contributed by atoms with Crippen molar-refractivity contribution in [1.82, 2.24) is 29.6 Å². The van der Waals surface area contributed by atoms with E-state index in [9.17, 15) is 4.79 Å². The summed E-state index contributed by atoms with van der Waals surface area (Å²) in [5.41, 5.74) is 0. The zero-order valence-corrected chi connectivity index (χ0v) is 13.5. The molecule has 2 bridgehead atoms. The summed E-state index contributed by atoms with van der Waals surface area (Å²) in [6.45, 7) is 3.16. The zero-order valence-electron chi connectivity index (χ0n) is 13.5. The third kappa shape index (κ3) is 3.08. The Morgan fingerprint density at radius 1 is 1.17 bits per heavy atom. The predicted molar refractivity (Wildman–Crippen MR) is 87.1 cm³/mol. The second-order valence-corrected chi connectivity index (χ2v) is 6.51. The lowest BCUT2D eigenvalue weighted by Crippen LogP contribution is -2.47. The molecule has 2 unspecified atom stereocenters. The van der Waals surface area contributed by atoms with E-state index in [4.69, 9.17) is 0 Å². The Bertz CT molecular complexity index is 675. The number of hydrogen-bond acceptors (Lipinski definition) is 6. The molecule has 0 spiro atoms. The van der Waals surface area contributed by atoms with E-state index in [0.717, 1.165) is 32.0 Å². The van der Waals surface area contributed by atoms with Gasteiger partial charge < -0.3 is 9.80 Å². The molecule has 3 saturated heterocycles. The van der Waals surface area contributed by atoms with E-state index in [0.29, 0.717) is 18.9 Å². The highest BCUT2D eigenvalue weighted by molar-refractivity contribution is 5.76. The van der Waals surface area contributed by atoms with Crippen LogP contribution in [0.5, 0.6) is 0 Å². The third-order valence-electron chi connectivity index (χ3n) is 4.89. The zero-order chi connectivity index (χ0) is 16.4. The van der Waals surface area contributed by atoms with Crippen LogP contribution in [-0.4, -0.2) is 61.2 Å². The minimum atomic E-state index is 0.205. The standard InChI is InChI=1S/C16H21N7O/c24-15(4-7-22-12-17-11-20-22)23-9-13-2-3-14(23)10-21(8-13)16-18-5-1-6-19-16/h1,5-6,11-14H,2-4,7-10H2. The molecule has 3 aliphatic rings. The van der Waals surface area contributed by atoms with Gasteiger partial charge in [-0.05, 0) is 24.8 Å². The molecule has 2 aromatic rings. The maximum Gasteiger partial charge on any atom is 0.225 e. The van der Waals surface area contributed by atoms with Crippen LogP contribution >= 0.6 is 0 Å². The molecular weight excluding hydrogens is 306 g/mol. The molecule has 3 fully saturated rings. The fraction of sp³-hybridized carbons (Fsp3) is 0.562. The number of rotatable bonds is 4. The molecule has 3 aliphatic heterocycles. The molecule has 8 nitrogen and oxygen atoms in total. The molecule has 2 aromatic heterocycles. The van der Waals surface area contributed by atoms with Gasteiger partial charge in [-0.3, -0.25) is 9.48 Å². The molecule has 5 rings (SSSR count). The molecule has 5 heterocycles. The number of anilines is 1. The topological polar surface area (TPSA) is 80.0 Å². The van der Waals surface area contributed by atoms with Crippen molar-refractivity contribution in [3.05, 3.63) is 31.1 Å². The van der Waals surface area contributed by atoms with Gasteiger partial charge in [0.05, 0.1) is 6.54 Å². The van der Waals surface area contributed by atoms with Gasteiger partial charge in [0.25, 0.3) is 0 Å². The maximum absolute atomic E-state index is 12.7. The average Bonchev–Trinajstić information content (AvgIpc) is 2.98. The van der Waals surface area contributed by atoms with Crippen molar-refractivity contribution in [2.75, 3.05) is 24.5 Å². The van der Waals surface area contributed by atoms with Crippen LogP contribution in [0, 0.1) is 5.92 Å². The lowest BCUT2D eigenvalue weighted by molar-refractivity contribution is -0.135. The highest BCUT2D eigenvalue weighted by Crippen LogP contribution is 2.29. The number of nitrogens with zero attached hydrogens (tertiary/aromatic N) is 7. The fourth-order valence-electron chi connectivity index (χ4n) is 3.71. The van der Waals surface area contributed by atoms with Crippen molar-refractivity contribution >= 4 is 11.9 Å². The summed E-state index contributed by atoms with van der Waals surface area (Å²) in [6.07, 6.45) is 9.39. The third-order valence-corrected chi connectivity index (χ3v) is 4.89. The molecule has 8 heteroatoms. The first-order valence-electron chi connectivity index (χ1n) is 8.43. The quantitative estimate of drug-likeness (QED) is 0.817. The molecule has 0 radical (unpaired) electrons. The first-order valence-corrected chi connectivity index (χ1v) is 8.43. The molecule has 2 atom stereocenters. The fourth-order valence-corrected chi connectivity index (χ4v) is 3.71. The average molecular weight is 327 g/mol. The van der Waals surface area contributed by atoms with Crippen molar-refractivity contribution in [3.8, 4) is 0 Å². The first-order chi connectivity index (χ1) is 11.8. The Morgan fingerprint density at radius 2 is 2.04 bits per heavy atom. The largest absolute Gasteiger partial charge is 0.338 e. The van der Waals surface area contributed by atoms with Gasteiger partial charge in [0.2, 0.25) is 11.9 Å². The maximum atomic E-state index is 12.7. The summed E-state index contributed by atoms with van der Waals surface area (Å²) < 4.78 is 1.71. The number of carbonyl (C=O) groups is 1. The van der Waals surface area contributed by atoms with Gasteiger partial charge in [-0.15, -0.1) is 0 Å². The Kier molecular flexibility index (Phi) is 4.10. The van der Waals surface area contributed by atoms with Gasteiger partial charge >= 0.3 is 0 Å². The molecule has 0 aromatic carbocycles. The smallest absolute Gasteiger partial charge is 0.225 e. The molecule has 0 aliphatic carbocycles. The van der Waals surface area contributed by atoms with Crippen LogP contribution in [0.3, 0.4) is 0 Å². The van der Waals surface area contributed by atoms with Crippen molar-refractivity contribution < 1.29 is 4.79 Å². The minimum absolute atomic E-state index is 0.205. The van der Waals surface area contributed by atoms with Crippen LogP contribution in [0.15, 0.2) is 31.1 Å². The van der Waals surface area contributed by atoms with Crippen LogP contribution in [0.25, 0.3) is 0 Å². The van der Waals surface area contributed by atoms with Gasteiger partial charge in [-0.1, -0.05) is 0 Å². The van der Waals surface area contributed by atoms with Gasteiger partial charge in [-0.25, -0.2) is 15.0 Å². The summed E-state index contributed by atoms with van der Waals surface area (Å²) in [6, 6.07) is 2.08. The lowest BCUT2D eigenvalue weighted by atomic mass is 9.95. The SMILES string of the molecule is O=C(CCn1cncn1)N1CC2CCC1CN(c1ncccn1)C2. The van der Waals surface area contributed by atoms with Crippen molar-refractivity contribution in [2.24, 2.45) is 5.92 Å². The van der Waals surface area contributed by atoms with Crippen molar-refractivity contribution in [2.45, 2.75) is 31.8 Å². The van der Waals surface area contributed by atoms with E-state index in [-0.39, 0.29) is 11.9 Å². The van der Waals surface area contributed by atoms with Crippen molar-refractivity contribution in [1.29, 1.82) is 0 Å². The normalized spacial score (nSPS) is 23.3. The molecule has 24 heavy (non-hydrogen) atoms. The summed E-state index contributed by atoms with van der Waals surface area (Å²) in [5, 5.41) is 4.06. The van der Waals surface area contributed by atoms with E-state index in [2.05, 4.69) is 29.9 Å². The summed E-state index contributed by atoms with van der Waals surface area (Å²) in [5.74, 6) is 1.46. The highest BCUT2D eigenvalue weighted by Gasteiger charge is 2.37. The second kappa shape index (κ2) is 6.54. The Hall–Kier alpha value is -2.51. The van der Waals surface area contributed by atoms with E-state index in [1.54, 1.807) is 23.4 Å².